The number of amides is 1. The molecule has 20 heavy (non-hydrogen) atoms. The number of halogens is 1. The maximum absolute atomic E-state index is 10.7. The molecule has 0 radical (unpaired) electrons. The van der Waals surface area contributed by atoms with Gasteiger partial charge in [0.25, 0.3) is 0 Å². The van der Waals surface area contributed by atoms with Crippen molar-refractivity contribution < 1.29 is 9.90 Å². The van der Waals surface area contributed by atoms with E-state index in [4.69, 9.17) is 11.6 Å². The number of nitrogens with zero attached hydrogens (tertiary/aromatic N) is 1. The van der Waals surface area contributed by atoms with Gasteiger partial charge in [0.2, 0.25) is 5.91 Å². The van der Waals surface area contributed by atoms with Gasteiger partial charge in [-0.15, -0.1) is 0 Å². The second-order valence-electron chi connectivity index (χ2n) is 4.37. The van der Waals surface area contributed by atoms with Gasteiger partial charge >= 0.3 is 0 Å². The Kier molecular flexibility index (Phi) is 4.58. The van der Waals surface area contributed by atoms with Gasteiger partial charge < -0.3 is 10.4 Å². The fraction of sp³-hybridized carbons (Fsp3) is 0.200. The predicted octanol–water partition coefficient (Wildman–Crippen LogP) is 3.13. The van der Waals surface area contributed by atoms with E-state index < -0.39 is 0 Å². The molecule has 0 spiro atoms. The SMILES string of the molecule is CC(=O)NCCC=Cc1cc(Cl)c2cccnc2c1O. The van der Waals surface area contributed by atoms with E-state index in [9.17, 15) is 9.90 Å². The van der Waals surface area contributed by atoms with Gasteiger partial charge in [0.1, 0.15) is 11.3 Å². The van der Waals surface area contributed by atoms with Gasteiger partial charge in [0, 0.05) is 30.6 Å². The number of hydrogen-bond donors (Lipinski definition) is 2. The molecule has 0 fully saturated rings. The molecule has 0 aliphatic carbocycles. The van der Waals surface area contributed by atoms with Crippen LogP contribution in [0.15, 0.2) is 30.5 Å². The number of pyridine rings is 1. The maximum Gasteiger partial charge on any atom is 0.216 e. The summed E-state index contributed by atoms with van der Waals surface area (Å²) in [6.45, 7) is 2.04. The van der Waals surface area contributed by atoms with E-state index in [0.29, 0.717) is 29.1 Å². The lowest BCUT2D eigenvalue weighted by atomic mass is 10.1. The lowest BCUT2D eigenvalue weighted by Gasteiger charge is -2.06. The predicted molar refractivity (Wildman–Crippen MR) is 80.8 cm³/mol. The van der Waals surface area contributed by atoms with Crippen LogP contribution in [0.4, 0.5) is 0 Å². The summed E-state index contributed by atoms with van der Waals surface area (Å²) in [7, 11) is 0. The maximum atomic E-state index is 10.7. The molecule has 0 bridgehead atoms. The van der Waals surface area contributed by atoms with Crippen LogP contribution in [0.2, 0.25) is 5.02 Å². The zero-order valence-corrected chi connectivity index (χ0v) is 11.8. The van der Waals surface area contributed by atoms with Gasteiger partial charge in [-0.3, -0.25) is 9.78 Å². The van der Waals surface area contributed by atoms with E-state index in [1.807, 2.05) is 12.1 Å². The van der Waals surface area contributed by atoms with E-state index in [1.165, 1.54) is 6.92 Å². The lowest BCUT2D eigenvalue weighted by molar-refractivity contribution is -0.118. The first kappa shape index (κ1) is 14.3. The molecule has 1 heterocycles. The number of hydrogen-bond acceptors (Lipinski definition) is 3. The molecule has 1 aromatic carbocycles. The highest BCUT2D eigenvalue weighted by atomic mass is 35.5. The Hall–Kier alpha value is -2.07. The molecule has 104 valence electrons. The minimum Gasteiger partial charge on any atom is -0.505 e. The number of phenolic OH excluding ortho intramolecular Hbond substituents is 1. The molecular weight excluding hydrogens is 276 g/mol. The Morgan fingerprint density at radius 3 is 3.10 bits per heavy atom. The number of carbonyl (C=O) groups is 1. The highest BCUT2D eigenvalue weighted by Crippen LogP contribution is 2.33. The Bertz CT molecular complexity index is 668. The molecule has 1 aromatic heterocycles. The third kappa shape index (κ3) is 3.27. The third-order valence-corrected chi connectivity index (χ3v) is 3.14. The van der Waals surface area contributed by atoms with E-state index in [2.05, 4.69) is 10.3 Å². The number of aromatic hydroxyl groups is 1. The number of carbonyl (C=O) groups excluding carboxylic acids is 1. The van der Waals surface area contributed by atoms with Crippen molar-refractivity contribution in [2.45, 2.75) is 13.3 Å². The molecule has 4 nitrogen and oxygen atoms in total. The number of rotatable bonds is 4. The van der Waals surface area contributed by atoms with Crippen LogP contribution in [0.25, 0.3) is 17.0 Å². The van der Waals surface area contributed by atoms with E-state index in [-0.39, 0.29) is 11.7 Å². The van der Waals surface area contributed by atoms with Crippen molar-refractivity contribution >= 4 is 34.5 Å². The van der Waals surface area contributed by atoms with Crippen molar-refractivity contribution in [2.24, 2.45) is 0 Å². The second-order valence-corrected chi connectivity index (χ2v) is 4.78. The molecule has 1 amide bonds. The smallest absolute Gasteiger partial charge is 0.216 e. The minimum atomic E-state index is -0.0563. The quantitative estimate of drug-likeness (QED) is 0.850. The molecule has 2 aromatic rings. The Balaban J connectivity index is 2.20. The van der Waals surface area contributed by atoms with Crippen LogP contribution in [-0.4, -0.2) is 22.5 Å². The first-order valence-electron chi connectivity index (χ1n) is 6.27. The molecular formula is C15H15ClN2O2. The fourth-order valence-corrected chi connectivity index (χ4v) is 2.15. The zero-order valence-electron chi connectivity index (χ0n) is 11.1. The summed E-state index contributed by atoms with van der Waals surface area (Å²) in [5.41, 5.74) is 1.10. The largest absolute Gasteiger partial charge is 0.505 e. The molecule has 0 unspecified atom stereocenters. The Morgan fingerprint density at radius 1 is 1.55 bits per heavy atom. The highest BCUT2D eigenvalue weighted by molar-refractivity contribution is 6.35. The summed E-state index contributed by atoms with van der Waals surface area (Å²) >= 11 is 6.17. The summed E-state index contributed by atoms with van der Waals surface area (Å²) in [4.78, 5) is 14.9. The number of phenols is 1. The first-order valence-corrected chi connectivity index (χ1v) is 6.64. The average Bonchev–Trinajstić information content (AvgIpc) is 2.43. The monoisotopic (exact) mass is 290 g/mol. The van der Waals surface area contributed by atoms with Gasteiger partial charge in [-0.25, -0.2) is 0 Å². The van der Waals surface area contributed by atoms with Crippen LogP contribution < -0.4 is 5.32 Å². The average molecular weight is 291 g/mol. The summed E-state index contributed by atoms with van der Waals surface area (Å²) < 4.78 is 0. The molecule has 5 heteroatoms. The standard InChI is InChI=1S/C15H15ClN2O2/c1-10(19)17-7-3-2-5-11-9-13(16)12-6-4-8-18-14(12)15(11)20/h2,4-6,8-9,20H,3,7H2,1H3,(H,17,19). The summed E-state index contributed by atoms with van der Waals surface area (Å²) in [6.07, 6.45) is 5.94. The molecule has 0 aliphatic rings. The number of benzene rings is 1. The summed E-state index contributed by atoms with van der Waals surface area (Å²) in [5, 5.41) is 14.1. The van der Waals surface area contributed by atoms with Crippen LogP contribution in [0, 0.1) is 0 Å². The van der Waals surface area contributed by atoms with Gasteiger partial charge in [-0.1, -0.05) is 23.8 Å². The zero-order chi connectivity index (χ0) is 14.5. The summed E-state index contributed by atoms with van der Waals surface area (Å²) in [5.74, 6) is 0.0555. The van der Waals surface area contributed by atoms with Crippen LogP contribution in [0.1, 0.15) is 18.9 Å². The molecule has 2 N–H and O–H groups in total. The third-order valence-electron chi connectivity index (χ3n) is 2.83. The Morgan fingerprint density at radius 2 is 2.35 bits per heavy atom. The van der Waals surface area contributed by atoms with Crippen LogP contribution in [0.3, 0.4) is 0 Å². The lowest BCUT2D eigenvalue weighted by Crippen LogP contribution is -2.20. The van der Waals surface area contributed by atoms with E-state index in [1.54, 1.807) is 24.4 Å². The number of fused-ring (bicyclic) bond motifs is 1. The molecule has 2 rings (SSSR count). The van der Waals surface area contributed by atoms with Crippen molar-refractivity contribution in [2.75, 3.05) is 6.54 Å². The van der Waals surface area contributed by atoms with Crippen LogP contribution in [-0.2, 0) is 4.79 Å². The molecule has 0 saturated heterocycles. The number of aromatic nitrogens is 1. The van der Waals surface area contributed by atoms with Gasteiger partial charge in [0.15, 0.2) is 0 Å². The van der Waals surface area contributed by atoms with Crippen LogP contribution >= 0.6 is 11.6 Å². The molecule has 0 atom stereocenters. The van der Waals surface area contributed by atoms with Crippen molar-refractivity contribution in [1.82, 2.24) is 10.3 Å². The van der Waals surface area contributed by atoms with Gasteiger partial charge in [0.05, 0.1) is 5.02 Å². The molecule has 0 aliphatic heterocycles. The highest BCUT2D eigenvalue weighted by Gasteiger charge is 2.09. The first-order chi connectivity index (χ1) is 9.59. The van der Waals surface area contributed by atoms with Gasteiger partial charge in [-0.2, -0.15) is 0 Å². The van der Waals surface area contributed by atoms with Crippen molar-refractivity contribution in [3.63, 3.8) is 0 Å². The minimum absolute atomic E-state index is 0.0563. The normalized spacial score (nSPS) is 11.1. The van der Waals surface area contributed by atoms with Gasteiger partial charge in [-0.05, 0) is 24.6 Å². The van der Waals surface area contributed by atoms with Crippen LogP contribution in [0.5, 0.6) is 5.75 Å². The van der Waals surface area contributed by atoms with E-state index >= 15 is 0 Å². The van der Waals surface area contributed by atoms with Crippen molar-refractivity contribution in [1.29, 1.82) is 0 Å². The fourth-order valence-electron chi connectivity index (χ4n) is 1.87. The Labute approximate surface area is 122 Å². The van der Waals surface area contributed by atoms with Crippen molar-refractivity contribution in [3.05, 3.63) is 41.1 Å². The topological polar surface area (TPSA) is 62.2 Å². The second kappa shape index (κ2) is 6.39. The van der Waals surface area contributed by atoms with Crippen molar-refractivity contribution in [3.8, 4) is 5.75 Å². The van der Waals surface area contributed by atoms with E-state index in [0.717, 1.165) is 5.39 Å². The summed E-state index contributed by atoms with van der Waals surface area (Å²) in [6, 6.07) is 5.29. The number of nitrogens with one attached hydrogen (secondary N) is 1. The molecule has 0 saturated carbocycles.